The van der Waals surface area contributed by atoms with Gasteiger partial charge in [0.05, 0.1) is 5.92 Å². The zero-order valence-corrected chi connectivity index (χ0v) is 13.7. The van der Waals surface area contributed by atoms with Gasteiger partial charge in [-0.05, 0) is 39.9 Å². The van der Waals surface area contributed by atoms with Gasteiger partial charge in [0.25, 0.3) is 0 Å². The number of amides is 2. The van der Waals surface area contributed by atoms with Gasteiger partial charge in [-0.1, -0.05) is 6.42 Å². The van der Waals surface area contributed by atoms with E-state index < -0.39 is 0 Å². The largest absolute Gasteiger partial charge is 0.300 e. The third-order valence-corrected chi connectivity index (χ3v) is 5.36. The Bertz CT molecular complexity index is 393. The highest BCUT2D eigenvalue weighted by Crippen LogP contribution is 2.37. The van der Waals surface area contributed by atoms with Crippen LogP contribution >= 0.6 is 11.8 Å². The monoisotopic (exact) mass is 299 g/mol. The van der Waals surface area contributed by atoms with Crippen molar-refractivity contribution in [1.29, 1.82) is 0 Å². The molecule has 0 saturated carbocycles. The number of nitrogens with zero attached hydrogens (tertiary/aromatic N) is 1. The second-order valence-corrected chi connectivity index (χ2v) is 7.42. The standard InChI is InChI=1S/C15H25NO3S/c1-11(17)8-6-5-7-9-16-13(18)10-12(14(16)19)15(2,3)20-4/h12H,5-10H2,1-4H3. The molecule has 0 radical (unpaired) electrons. The average Bonchev–Trinajstić information content (AvgIpc) is 2.66. The van der Waals surface area contributed by atoms with E-state index in [1.54, 1.807) is 18.7 Å². The van der Waals surface area contributed by atoms with E-state index in [0.29, 0.717) is 19.4 Å². The SMILES string of the molecule is CSC(C)(C)C1CC(=O)N(CCCCCC(C)=O)C1=O. The van der Waals surface area contributed by atoms with Gasteiger partial charge >= 0.3 is 0 Å². The van der Waals surface area contributed by atoms with Crippen molar-refractivity contribution in [2.45, 2.75) is 57.6 Å². The number of hydrogen-bond acceptors (Lipinski definition) is 4. The molecule has 1 aliphatic rings. The lowest BCUT2D eigenvalue weighted by molar-refractivity contribution is -0.139. The lowest BCUT2D eigenvalue weighted by Crippen LogP contribution is -2.37. The van der Waals surface area contributed by atoms with Gasteiger partial charge in [0.2, 0.25) is 11.8 Å². The number of rotatable bonds is 8. The maximum absolute atomic E-state index is 12.3. The van der Waals surface area contributed by atoms with E-state index in [9.17, 15) is 14.4 Å². The molecule has 0 N–H and O–H groups in total. The molecule has 0 bridgehead atoms. The summed E-state index contributed by atoms with van der Waals surface area (Å²) in [4.78, 5) is 36.5. The number of Topliss-reactive ketones (excluding diaryl/α,β-unsaturated/α-hetero) is 1. The average molecular weight is 299 g/mol. The van der Waals surface area contributed by atoms with E-state index in [-0.39, 0.29) is 28.3 Å². The third-order valence-electron chi connectivity index (χ3n) is 4.02. The lowest BCUT2D eigenvalue weighted by Gasteiger charge is -2.27. The number of hydrogen-bond donors (Lipinski definition) is 0. The number of carbonyl (C=O) groups is 3. The first kappa shape index (κ1) is 17.2. The van der Waals surface area contributed by atoms with Crippen molar-refractivity contribution < 1.29 is 14.4 Å². The Morgan fingerprint density at radius 3 is 2.50 bits per heavy atom. The molecule has 0 aromatic rings. The molecule has 114 valence electrons. The number of carbonyl (C=O) groups excluding carboxylic acids is 3. The first-order valence-electron chi connectivity index (χ1n) is 7.18. The molecule has 1 atom stereocenters. The summed E-state index contributed by atoms with van der Waals surface area (Å²) in [6, 6.07) is 0. The van der Waals surface area contributed by atoms with Gasteiger partial charge in [-0.2, -0.15) is 11.8 Å². The van der Waals surface area contributed by atoms with Crippen LogP contribution in [-0.4, -0.2) is 40.0 Å². The van der Waals surface area contributed by atoms with Crippen LogP contribution in [0, 0.1) is 5.92 Å². The molecule has 20 heavy (non-hydrogen) atoms. The highest BCUT2D eigenvalue weighted by Gasteiger charge is 2.45. The zero-order valence-electron chi connectivity index (χ0n) is 12.9. The van der Waals surface area contributed by atoms with E-state index in [1.807, 2.05) is 20.1 Å². The van der Waals surface area contributed by atoms with Crippen molar-refractivity contribution >= 4 is 29.4 Å². The summed E-state index contributed by atoms with van der Waals surface area (Å²) in [6.45, 7) is 6.12. The molecule has 1 aliphatic heterocycles. The molecule has 0 aromatic carbocycles. The highest BCUT2D eigenvalue weighted by molar-refractivity contribution is 8.00. The molecule has 1 fully saturated rings. The molecule has 4 nitrogen and oxygen atoms in total. The minimum Gasteiger partial charge on any atom is -0.300 e. The van der Waals surface area contributed by atoms with Crippen molar-refractivity contribution in [2.75, 3.05) is 12.8 Å². The molecule has 0 aliphatic carbocycles. The Morgan fingerprint density at radius 2 is 1.95 bits per heavy atom. The highest BCUT2D eigenvalue weighted by atomic mass is 32.2. The fourth-order valence-electron chi connectivity index (χ4n) is 2.42. The topological polar surface area (TPSA) is 54.5 Å². The molecule has 0 spiro atoms. The first-order valence-corrected chi connectivity index (χ1v) is 8.41. The van der Waals surface area contributed by atoms with Crippen LogP contribution in [0.25, 0.3) is 0 Å². The second kappa shape index (κ2) is 7.25. The van der Waals surface area contributed by atoms with Gasteiger partial charge in [-0.15, -0.1) is 0 Å². The van der Waals surface area contributed by atoms with E-state index >= 15 is 0 Å². The Balaban J connectivity index is 2.45. The van der Waals surface area contributed by atoms with Gasteiger partial charge in [0.1, 0.15) is 5.78 Å². The van der Waals surface area contributed by atoms with Crippen LogP contribution in [0.15, 0.2) is 0 Å². The minimum absolute atomic E-state index is 0.0269. The molecule has 5 heteroatoms. The quantitative estimate of drug-likeness (QED) is 0.511. The maximum atomic E-state index is 12.3. The van der Waals surface area contributed by atoms with Crippen molar-refractivity contribution in [3.63, 3.8) is 0 Å². The Morgan fingerprint density at radius 1 is 1.30 bits per heavy atom. The maximum Gasteiger partial charge on any atom is 0.234 e. The molecular formula is C15H25NO3S. The summed E-state index contributed by atoms with van der Waals surface area (Å²) in [5.41, 5.74) is 0. The predicted octanol–water partition coefficient (Wildman–Crippen LogP) is 2.65. The molecule has 1 unspecified atom stereocenters. The summed E-state index contributed by atoms with van der Waals surface area (Å²) in [5, 5.41) is 0. The van der Waals surface area contributed by atoms with Crippen molar-refractivity contribution in [1.82, 2.24) is 4.90 Å². The first-order chi connectivity index (χ1) is 9.29. The van der Waals surface area contributed by atoms with Gasteiger partial charge < -0.3 is 4.79 Å². The van der Waals surface area contributed by atoms with Crippen LogP contribution < -0.4 is 0 Å². The zero-order chi connectivity index (χ0) is 15.3. The van der Waals surface area contributed by atoms with E-state index in [4.69, 9.17) is 0 Å². The van der Waals surface area contributed by atoms with E-state index in [2.05, 4.69) is 0 Å². The Labute approximate surface area is 125 Å². The minimum atomic E-state index is -0.206. The molecule has 1 saturated heterocycles. The summed E-state index contributed by atoms with van der Waals surface area (Å²) in [6.07, 6.45) is 5.40. The molecule has 1 rings (SSSR count). The second-order valence-electron chi connectivity index (χ2n) is 5.96. The van der Waals surface area contributed by atoms with Crippen LogP contribution in [0.2, 0.25) is 0 Å². The number of likely N-dealkylation sites (tertiary alicyclic amines) is 1. The number of thioether (sulfide) groups is 1. The Kier molecular flexibility index (Phi) is 6.24. The van der Waals surface area contributed by atoms with Gasteiger partial charge in [0, 0.05) is 24.1 Å². The fourth-order valence-corrected chi connectivity index (χ4v) is 2.89. The number of unbranched alkanes of at least 4 members (excludes halogenated alkanes) is 2. The summed E-state index contributed by atoms with van der Waals surface area (Å²) in [5.74, 6) is -0.0862. The number of ketones is 1. The summed E-state index contributed by atoms with van der Waals surface area (Å²) < 4.78 is -0.198. The molecule has 2 amide bonds. The van der Waals surface area contributed by atoms with E-state index in [1.165, 1.54) is 4.90 Å². The van der Waals surface area contributed by atoms with Crippen LogP contribution in [0.5, 0.6) is 0 Å². The van der Waals surface area contributed by atoms with Crippen molar-refractivity contribution in [3.8, 4) is 0 Å². The van der Waals surface area contributed by atoms with Crippen LogP contribution in [0.1, 0.15) is 52.9 Å². The van der Waals surface area contributed by atoms with Gasteiger partial charge in [-0.3, -0.25) is 14.5 Å². The van der Waals surface area contributed by atoms with Crippen molar-refractivity contribution in [3.05, 3.63) is 0 Å². The van der Waals surface area contributed by atoms with Crippen LogP contribution in [-0.2, 0) is 14.4 Å². The third kappa shape index (κ3) is 4.33. The van der Waals surface area contributed by atoms with E-state index in [0.717, 1.165) is 19.3 Å². The summed E-state index contributed by atoms with van der Waals surface area (Å²) >= 11 is 1.63. The fraction of sp³-hybridized carbons (Fsp3) is 0.800. The Hall–Kier alpha value is -0.840. The van der Waals surface area contributed by atoms with Crippen LogP contribution in [0.4, 0.5) is 0 Å². The predicted molar refractivity (Wildman–Crippen MR) is 81.6 cm³/mol. The molecular weight excluding hydrogens is 274 g/mol. The molecule has 0 aromatic heterocycles. The normalized spacial score (nSPS) is 19.8. The smallest absolute Gasteiger partial charge is 0.234 e. The number of imide groups is 1. The molecule has 1 heterocycles. The summed E-state index contributed by atoms with van der Waals surface area (Å²) in [7, 11) is 0. The van der Waals surface area contributed by atoms with Crippen molar-refractivity contribution in [2.24, 2.45) is 5.92 Å². The van der Waals surface area contributed by atoms with Gasteiger partial charge in [0.15, 0.2) is 0 Å². The lowest BCUT2D eigenvalue weighted by atomic mass is 9.93. The van der Waals surface area contributed by atoms with Gasteiger partial charge in [-0.25, -0.2) is 0 Å². The van der Waals surface area contributed by atoms with Crippen LogP contribution in [0.3, 0.4) is 0 Å².